The first-order chi connectivity index (χ1) is 14.5. The number of amides is 1. The lowest BCUT2D eigenvalue weighted by Crippen LogP contribution is -2.36. The fourth-order valence-corrected chi connectivity index (χ4v) is 3.85. The quantitative estimate of drug-likeness (QED) is 0.439. The summed E-state index contributed by atoms with van der Waals surface area (Å²) in [6.07, 6.45) is 5.74. The van der Waals surface area contributed by atoms with Gasteiger partial charge in [0.2, 0.25) is 11.9 Å². The van der Waals surface area contributed by atoms with E-state index in [1.807, 2.05) is 24.0 Å². The third-order valence-electron chi connectivity index (χ3n) is 5.38. The fraction of sp³-hybridized carbons (Fsp3) is 0.591. The first-order valence-corrected chi connectivity index (χ1v) is 10.7. The van der Waals surface area contributed by atoms with Crippen LogP contribution in [0.25, 0.3) is 0 Å². The molecule has 1 atom stereocenters. The van der Waals surface area contributed by atoms with E-state index in [9.17, 15) is 9.59 Å². The van der Waals surface area contributed by atoms with Crippen LogP contribution in [-0.4, -0.2) is 49.1 Å². The second-order valence-corrected chi connectivity index (χ2v) is 7.53. The van der Waals surface area contributed by atoms with E-state index in [0.717, 1.165) is 49.8 Å². The predicted octanol–water partition coefficient (Wildman–Crippen LogP) is 3.30. The highest BCUT2D eigenvalue weighted by molar-refractivity contribution is 6.07. The van der Waals surface area contributed by atoms with Crippen molar-refractivity contribution in [2.75, 3.05) is 20.3 Å². The molecule has 1 aromatic carbocycles. The van der Waals surface area contributed by atoms with Crippen LogP contribution in [0.15, 0.2) is 17.1 Å². The largest absolute Gasteiger partial charge is 0.492 e. The van der Waals surface area contributed by atoms with E-state index in [1.54, 1.807) is 7.11 Å². The smallest absolute Gasteiger partial charge is 0.302 e. The van der Waals surface area contributed by atoms with Crippen molar-refractivity contribution in [2.45, 2.75) is 65.0 Å². The zero-order valence-electron chi connectivity index (χ0n) is 18.0. The minimum atomic E-state index is -0.220. The van der Waals surface area contributed by atoms with Crippen LogP contribution in [-0.2, 0) is 20.9 Å². The second kappa shape index (κ2) is 10.3. The molecular weight excluding hydrogens is 386 g/mol. The Balaban J connectivity index is 1.52. The van der Waals surface area contributed by atoms with Crippen LogP contribution < -0.4 is 14.8 Å². The standard InChI is InChI=1S/C22H31N3O5/c1-4-18-21(27)24-22-23-17-10-11-19(20(28-3)16(17)14-25(18)22)30-13-9-7-5-6-8-12-29-15(2)26/h10-11,18H,4-9,12-14H2,1-3H3,(H,23,24,27). The first-order valence-electron chi connectivity index (χ1n) is 10.7. The normalized spacial score (nSPS) is 17.0. The van der Waals surface area contributed by atoms with Gasteiger partial charge in [-0.2, -0.15) is 0 Å². The molecule has 0 aliphatic carbocycles. The Morgan fingerprint density at radius 2 is 1.93 bits per heavy atom. The van der Waals surface area contributed by atoms with E-state index >= 15 is 0 Å². The number of hydrogen-bond acceptors (Lipinski definition) is 7. The Hall–Kier alpha value is -2.77. The van der Waals surface area contributed by atoms with Crippen molar-refractivity contribution in [3.8, 4) is 11.5 Å². The van der Waals surface area contributed by atoms with Crippen LogP contribution in [0.3, 0.4) is 0 Å². The highest BCUT2D eigenvalue weighted by Gasteiger charge is 2.39. The average Bonchev–Trinajstić information content (AvgIpc) is 3.04. The molecule has 1 amide bonds. The summed E-state index contributed by atoms with van der Waals surface area (Å²) < 4.78 is 16.6. The lowest BCUT2D eigenvalue weighted by Gasteiger charge is -2.28. The molecule has 1 aromatic rings. The molecule has 2 aliphatic heterocycles. The van der Waals surface area contributed by atoms with Crippen LogP contribution in [0.5, 0.6) is 11.5 Å². The first kappa shape index (κ1) is 21.9. The summed E-state index contributed by atoms with van der Waals surface area (Å²) in [6.45, 7) is 5.10. The Bertz CT molecular complexity index is 808. The maximum absolute atomic E-state index is 12.1. The van der Waals surface area contributed by atoms with Gasteiger partial charge in [0.25, 0.3) is 0 Å². The van der Waals surface area contributed by atoms with Crippen molar-refractivity contribution in [3.63, 3.8) is 0 Å². The van der Waals surface area contributed by atoms with Gasteiger partial charge in [0.15, 0.2) is 11.5 Å². The molecule has 3 rings (SSSR count). The number of rotatable bonds is 11. The molecule has 1 unspecified atom stereocenters. The Morgan fingerprint density at radius 3 is 2.63 bits per heavy atom. The number of aliphatic imine (C=N–C) groups is 1. The number of carbonyl (C=O) groups excluding carboxylic acids is 2. The van der Waals surface area contributed by atoms with Gasteiger partial charge in [0.05, 0.1) is 32.6 Å². The number of methoxy groups -OCH3 is 1. The third-order valence-corrected chi connectivity index (χ3v) is 5.38. The molecule has 8 heteroatoms. The molecule has 0 saturated carbocycles. The molecular formula is C22H31N3O5. The number of esters is 1. The highest BCUT2D eigenvalue weighted by Crippen LogP contribution is 2.41. The van der Waals surface area contributed by atoms with Crippen LogP contribution in [0.2, 0.25) is 0 Å². The van der Waals surface area contributed by atoms with Crippen molar-refractivity contribution in [3.05, 3.63) is 17.7 Å². The molecule has 2 heterocycles. The predicted molar refractivity (Wildman–Crippen MR) is 113 cm³/mol. The highest BCUT2D eigenvalue weighted by atomic mass is 16.5. The summed E-state index contributed by atoms with van der Waals surface area (Å²) in [5.41, 5.74) is 1.74. The number of nitrogens with one attached hydrogen (secondary N) is 1. The molecule has 1 N–H and O–H groups in total. The van der Waals surface area contributed by atoms with Crippen molar-refractivity contribution in [1.82, 2.24) is 10.2 Å². The lowest BCUT2D eigenvalue weighted by molar-refractivity contribution is -0.141. The average molecular weight is 418 g/mol. The lowest BCUT2D eigenvalue weighted by atomic mass is 10.1. The number of ether oxygens (including phenoxy) is 3. The van der Waals surface area contributed by atoms with Gasteiger partial charge in [0, 0.05) is 12.5 Å². The Labute approximate surface area is 177 Å². The summed E-state index contributed by atoms with van der Waals surface area (Å²) in [5, 5.41) is 2.86. The van der Waals surface area contributed by atoms with Crippen molar-refractivity contribution in [1.29, 1.82) is 0 Å². The molecule has 164 valence electrons. The third kappa shape index (κ3) is 5.04. The van der Waals surface area contributed by atoms with Crippen LogP contribution >= 0.6 is 0 Å². The maximum atomic E-state index is 12.1. The molecule has 2 aliphatic rings. The van der Waals surface area contributed by atoms with Crippen molar-refractivity contribution >= 4 is 23.5 Å². The Kier molecular flexibility index (Phi) is 7.54. The molecule has 1 fully saturated rings. The van der Waals surface area contributed by atoms with E-state index < -0.39 is 0 Å². The zero-order valence-corrected chi connectivity index (χ0v) is 18.0. The van der Waals surface area contributed by atoms with Crippen molar-refractivity contribution < 1.29 is 23.8 Å². The number of unbranched alkanes of at least 4 members (excludes halogenated alkanes) is 4. The molecule has 0 bridgehead atoms. The summed E-state index contributed by atoms with van der Waals surface area (Å²) >= 11 is 0. The molecule has 0 spiro atoms. The summed E-state index contributed by atoms with van der Waals surface area (Å²) in [4.78, 5) is 29.5. The Morgan fingerprint density at radius 1 is 1.20 bits per heavy atom. The molecule has 8 nitrogen and oxygen atoms in total. The topological polar surface area (TPSA) is 89.5 Å². The van der Waals surface area contributed by atoms with Crippen LogP contribution in [0.1, 0.15) is 57.9 Å². The minimum Gasteiger partial charge on any atom is -0.492 e. The number of nitrogens with zero attached hydrogens (tertiary/aromatic N) is 2. The minimum absolute atomic E-state index is 0.00708. The van der Waals surface area contributed by atoms with Gasteiger partial charge in [0.1, 0.15) is 6.04 Å². The molecule has 1 saturated heterocycles. The van der Waals surface area contributed by atoms with Crippen molar-refractivity contribution in [2.24, 2.45) is 4.99 Å². The fourth-order valence-electron chi connectivity index (χ4n) is 3.85. The van der Waals surface area contributed by atoms with Gasteiger partial charge in [-0.3, -0.25) is 14.9 Å². The second-order valence-electron chi connectivity index (χ2n) is 7.53. The number of carbonyl (C=O) groups is 2. The van der Waals surface area contributed by atoms with E-state index in [2.05, 4.69) is 10.3 Å². The summed E-state index contributed by atoms with van der Waals surface area (Å²) in [5.74, 6) is 1.78. The van der Waals surface area contributed by atoms with Gasteiger partial charge in [-0.05, 0) is 31.4 Å². The number of fused-ring (bicyclic) bond motifs is 2. The number of hydrogen-bond donors (Lipinski definition) is 1. The number of guanidine groups is 1. The molecule has 0 aromatic heterocycles. The summed E-state index contributed by atoms with van der Waals surface area (Å²) in [7, 11) is 1.63. The SMILES string of the molecule is CCC1C(=O)NC2=Nc3ccc(OCCCCCCCOC(C)=O)c(OC)c3CN21. The summed E-state index contributed by atoms with van der Waals surface area (Å²) in [6, 6.07) is 3.59. The van der Waals surface area contributed by atoms with Gasteiger partial charge in [-0.25, -0.2) is 4.99 Å². The van der Waals surface area contributed by atoms with E-state index in [-0.39, 0.29) is 17.9 Å². The van der Waals surface area contributed by atoms with E-state index in [1.165, 1.54) is 6.92 Å². The van der Waals surface area contributed by atoms with Gasteiger partial charge >= 0.3 is 5.97 Å². The number of benzene rings is 1. The van der Waals surface area contributed by atoms with Gasteiger partial charge in [-0.1, -0.05) is 26.2 Å². The molecule has 0 radical (unpaired) electrons. The van der Waals surface area contributed by atoms with E-state index in [0.29, 0.717) is 37.2 Å². The van der Waals surface area contributed by atoms with Crippen LogP contribution in [0.4, 0.5) is 5.69 Å². The molecule has 30 heavy (non-hydrogen) atoms. The van der Waals surface area contributed by atoms with E-state index in [4.69, 9.17) is 14.2 Å². The van der Waals surface area contributed by atoms with Crippen LogP contribution in [0, 0.1) is 0 Å². The van der Waals surface area contributed by atoms with Gasteiger partial charge < -0.3 is 19.1 Å². The van der Waals surface area contributed by atoms with Gasteiger partial charge in [-0.15, -0.1) is 0 Å². The monoisotopic (exact) mass is 417 g/mol. The zero-order chi connectivity index (χ0) is 21.5. The maximum Gasteiger partial charge on any atom is 0.302 e.